The van der Waals surface area contributed by atoms with Crippen LogP contribution in [0.25, 0.3) is 0 Å². The van der Waals surface area contributed by atoms with Crippen LogP contribution >= 0.6 is 0 Å². The van der Waals surface area contributed by atoms with Crippen LogP contribution in [0.2, 0.25) is 0 Å². The van der Waals surface area contributed by atoms with Crippen molar-refractivity contribution in [2.45, 2.75) is 6.04 Å². The molecular formula is C19H16N4O3. The first-order chi connectivity index (χ1) is 12.6. The van der Waals surface area contributed by atoms with Crippen molar-refractivity contribution in [2.75, 3.05) is 5.32 Å². The van der Waals surface area contributed by atoms with Crippen LogP contribution in [-0.2, 0) is 0 Å². The Hall–Kier alpha value is -3.74. The highest BCUT2D eigenvalue weighted by Crippen LogP contribution is 2.21. The first-order valence-corrected chi connectivity index (χ1v) is 7.85. The molecule has 0 saturated heterocycles. The maximum absolute atomic E-state index is 12.3. The number of amides is 2. The highest BCUT2D eigenvalue weighted by molar-refractivity contribution is 6.04. The van der Waals surface area contributed by atoms with Crippen LogP contribution in [0.5, 0.6) is 0 Å². The Balaban J connectivity index is 1.80. The van der Waals surface area contributed by atoms with Crippen LogP contribution in [-0.4, -0.2) is 27.1 Å². The van der Waals surface area contributed by atoms with Gasteiger partial charge < -0.3 is 15.7 Å². The minimum Gasteiger partial charge on any atom is -0.465 e. The Kier molecular flexibility index (Phi) is 5.19. The Labute approximate surface area is 149 Å². The standard InChI is InChI=1S/C19H16N4O3/c24-18(22-15-8-11-20-12-9-15)14-6-4-13(5-7-14)17(23-19(25)26)16-3-1-2-10-21-16/h1-12,17,23H,(H,25,26)(H,20,22,24). The lowest BCUT2D eigenvalue weighted by Gasteiger charge is -2.17. The molecule has 1 aromatic carbocycles. The van der Waals surface area contributed by atoms with Gasteiger partial charge >= 0.3 is 6.09 Å². The van der Waals surface area contributed by atoms with E-state index in [4.69, 9.17) is 5.11 Å². The van der Waals surface area contributed by atoms with Crippen LogP contribution in [0.15, 0.2) is 73.2 Å². The van der Waals surface area contributed by atoms with Crippen molar-refractivity contribution in [2.24, 2.45) is 0 Å². The van der Waals surface area contributed by atoms with Crippen molar-refractivity contribution in [1.29, 1.82) is 0 Å². The van der Waals surface area contributed by atoms with Crippen molar-refractivity contribution in [1.82, 2.24) is 15.3 Å². The van der Waals surface area contributed by atoms with Crippen LogP contribution in [0.4, 0.5) is 10.5 Å². The quantitative estimate of drug-likeness (QED) is 0.657. The minimum absolute atomic E-state index is 0.261. The molecule has 7 nitrogen and oxygen atoms in total. The van der Waals surface area contributed by atoms with Gasteiger partial charge in [-0.15, -0.1) is 0 Å². The average molecular weight is 348 g/mol. The molecule has 1 unspecified atom stereocenters. The van der Waals surface area contributed by atoms with Gasteiger partial charge in [0.1, 0.15) is 0 Å². The molecule has 130 valence electrons. The molecule has 0 fully saturated rings. The summed E-state index contributed by atoms with van der Waals surface area (Å²) in [4.78, 5) is 31.5. The van der Waals surface area contributed by atoms with Crippen LogP contribution in [0.3, 0.4) is 0 Å². The maximum Gasteiger partial charge on any atom is 0.405 e. The number of anilines is 1. The van der Waals surface area contributed by atoms with Crippen molar-refractivity contribution >= 4 is 17.7 Å². The van der Waals surface area contributed by atoms with Gasteiger partial charge in [0, 0.05) is 29.8 Å². The summed E-state index contributed by atoms with van der Waals surface area (Å²) in [6.45, 7) is 0. The summed E-state index contributed by atoms with van der Waals surface area (Å²) < 4.78 is 0. The van der Waals surface area contributed by atoms with Gasteiger partial charge in [-0.1, -0.05) is 18.2 Å². The Bertz CT molecular complexity index is 884. The van der Waals surface area contributed by atoms with Crippen molar-refractivity contribution in [3.63, 3.8) is 0 Å². The summed E-state index contributed by atoms with van der Waals surface area (Å²) in [5.41, 5.74) is 2.36. The smallest absolute Gasteiger partial charge is 0.405 e. The second-order valence-electron chi connectivity index (χ2n) is 5.45. The molecule has 2 aromatic heterocycles. The van der Waals surface area contributed by atoms with Crippen molar-refractivity contribution < 1.29 is 14.7 Å². The van der Waals surface area contributed by atoms with Gasteiger partial charge in [0.05, 0.1) is 11.7 Å². The average Bonchev–Trinajstić information content (AvgIpc) is 2.67. The van der Waals surface area contributed by atoms with Crippen molar-refractivity contribution in [3.8, 4) is 0 Å². The maximum atomic E-state index is 12.3. The topological polar surface area (TPSA) is 104 Å². The predicted octanol–water partition coefficient (Wildman–Crippen LogP) is 3.09. The van der Waals surface area contributed by atoms with E-state index in [-0.39, 0.29) is 5.91 Å². The zero-order valence-electron chi connectivity index (χ0n) is 13.7. The summed E-state index contributed by atoms with van der Waals surface area (Å²) in [6, 6.07) is 14.8. The molecule has 0 radical (unpaired) electrons. The molecule has 1 atom stereocenters. The number of nitrogens with zero attached hydrogens (tertiary/aromatic N) is 2. The first-order valence-electron chi connectivity index (χ1n) is 7.85. The Morgan fingerprint density at radius 2 is 1.65 bits per heavy atom. The third-order valence-electron chi connectivity index (χ3n) is 3.70. The lowest BCUT2D eigenvalue weighted by atomic mass is 10.0. The molecule has 0 spiro atoms. The molecule has 7 heteroatoms. The molecule has 3 aromatic rings. The van der Waals surface area contributed by atoms with E-state index in [2.05, 4.69) is 20.6 Å². The van der Waals surface area contributed by atoms with Gasteiger partial charge in [-0.05, 0) is 42.0 Å². The molecule has 3 N–H and O–H groups in total. The number of benzene rings is 1. The number of hydrogen-bond acceptors (Lipinski definition) is 4. The Morgan fingerprint density at radius 1 is 0.923 bits per heavy atom. The fraction of sp³-hybridized carbons (Fsp3) is 0.0526. The van der Waals surface area contributed by atoms with Crippen molar-refractivity contribution in [3.05, 3.63) is 90.0 Å². The summed E-state index contributed by atoms with van der Waals surface area (Å²) in [7, 11) is 0. The van der Waals surface area contributed by atoms with E-state index in [1.54, 1.807) is 73.2 Å². The minimum atomic E-state index is -1.15. The van der Waals surface area contributed by atoms with E-state index in [9.17, 15) is 9.59 Å². The summed E-state index contributed by atoms with van der Waals surface area (Å²) >= 11 is 0. The largest absolute Gasteiger partial charge is 0.465 e. The van der Waals surface area contributed by atoms with E-state index in [0.717, 1.165) is 0 Å². The number of pyridine rings is 2. The van der Waals surface area contributed by atoms with Gasteiger partial charge in [0.2, 0.25) is 0 Å². The molecule has 2 heterocycles. The van der Waals surface area contributed by atoms with Gasteiger partial charge in [-0.3, -0.25) is 14.8 Å². The molecule has 0 aliphatic rings. The van der Waals surface area contributed by atoms with E-state index < -0.39 is 12.1 Å². The third-order valence-corrected chi connectivity index (χ3v) is 3.70. The van der Waals surface area contributed by atoms with Crippen LogP contribution in [0, 0.1) is 0 Å². The number of aromatic nitrogens is 2. The molecule has 2 amide bonds. The summed E-state index contributed by atoms with van der Waals surface area (Å²) in [5, 5.41) is 14.3. The zero-order valence-corrected chi connectivity index (χ0v) is 13.7. The van der Waals surface area contributed by atoms with E-state index >= 15 is 0 Å². The molecule has 0 aliphatic carbocycles. The number of rotatable bonds is 5. The molecule has 26 heavy (non-hydrogen) atoms. The number of carboxylic acid groups (broad SMARTS) is 1. The number of hydrogen-bond donors (Lipinski definition) is 3. The van der Waals surface area contributed by atoms with Gasteiger partial charge in [0.15, 0.2) is 0 Å². The zero-order chi connectivity index (χ0) is 18.4. The second kappa shape index (κ2) is 7.89. The number of carbonyl (C=O) groups is 2. The summed E-state index contributed by atoms with van der Waals surface area (Å²) in [6.07, 6.45) is 3.63. The van der Waals surface area contributed by atoms with Crippen LogP contribution in [0.1, 0.15) is 27.7 Å². The Morgan fingerprint density at radius 3 is 2.27 bits per heavy atom. The highest BCUT2D eigenvalue weighted by Gasteiger charge is 2.18. The van der Waals surface area contributed by atoms with Gasteiger partial charge in [-0.25, -0.2) is 4.79 Å². The first kappa shape index (κ1) is 17.1. The summed E-state index contributed by atoms with van der Waals surface area (Å²) in [5.74, 6) is -0.261. The van der Waals surface area contributed by atoms with E-state index in [1.807, 2.05) is 0 Å². The SMILES string of the molecule is O=C(O)NC(c1ccc(C(=O)Nc2ccncc2)cc1)c1ccccn1. The molecule has 0 aliphatic heterocycles. The molecule has 0 saturated carbocycles. The fourth-order valence-corrected chi connectivity index (χ4v) is 2.46. The predicted molar refractivity (Wildman–Crippen MR) is 95.9 cm³/mol. The highest BCUT2D eigenvalue weighted by atomic mass is 16.4. The lowest BCUT2D eigenvalue weighted by Crippen LogP contribution is -2.28. The normalized spacial score (nSPS) is 11.4. The number of carbonyl (C=O) groups excluding carboxylic acids is 1. The number of nitrogens with one attached hydrogen (secondary N) is 2. The molecule has 0 bridgehead atoms. The monoisotopic (exact) mass is 348 g/mol. The van der Waals surface area contributed by atoms with Gasteiger partial charge in [0.25, 0.3) is 5.91 Å². The molecular weight excluding hydrogens is 332 g/mol. The fourth-order valence-electron chi connectivity index (χ4n) is 2.46. The third kappa shape index (κ3) is 4.21. The van der Waals surface area contributed by atoms with E-state index in [1.165, 1.54) is 0 Å². The lowest BCUT2D eigenvalue weighted by molar-refractivity contribution is 0.102. The molecule has 3 rings (SSSR count). The van der Waals surface area contributed by atoms with Crippen LogP contribution < -0.4 is 10.6 Å². The van der Waals surface area contributed by atoms with E-state index in [0.29, 0.717) is 22.5 Å². The second-order valence-corrected chi connectivity index (χ2v) is 5.45. The van der Waals surface area contributed by atoms with Gasteiger partial charge in [-0.2, -0.15) is 0 Å².